The van der Waals surface area contributed by atoms with Crippen LogP contribution in [-0.4, -0.2) is 18.0 Å². The Labute approximate surface area is 107 Å². The van der Waals surface area contributed by atoms with Crippen LogP contribution in [0, 0.1) is 3.57 Å². The van der Waals surface area contributed by atoms with Gasteiger partial charge in [-0.05, 0) is 47.7 Å². The molecule has 1 aromatic carbocycles. The number of carbonyl (C=O) groups excluding carboxylic acids is 2. The molecule has 3 amide bonds. The number of benzene rings is 1. The minimum atomic E-state index is -0.846. The number of nitrogens with two attached hydrogens (primary N) is 1. The maximum atomic E-state index is 11.4. The number of hydrogen-bond acceptors (Lipinski definition) is 3. The fraction of sp³-hybridized carbons (Fsp3) is 0.200. The molecule has 0 aromatic heterocycles. The highest BCUT2D eigenvalue weighted by molar-refractivity contribution is 14.1. The molecule has 0 aliphatic rings. The highest BCUT2D eigenvalue weighted by Gasteiger charge is 2.13. The SMILES string of the molecule is C[C@@H](Nc1cccc(I)c1)C(=O)NC(N)=O. The number of rotatable bonds is 3. The van der Waals surface area contributed by atoms with E-state index in [4.69, 9.17) is 5.73 Å². The van der Waals surface area contributed by atoms with Crippen molar-refractivity contribution in [1.82, 2.24) is 5.32 Å². The second-order valence-electron chi connectivity index (χ2n) is 3.23. The lowest BCUT2D eigenvalue weighted by molar-refractivity contribution is -0.120. The number of hydrogen-bond donors (Lipinski definition) is 3. The molecule has 4 N–H and O–H groups in total. The summed E-state index contributed by atoms with van der Waals surface area (Å²) in [6, 6.07) is 6.19. The van der Waals surface area contributed by atoms with Crippen molar-refractivity contribution in [2.75, 3.05) is 5.32 Å². The van der Waals surface area contributed by atoms with Crippen LogP contribution in [0.1, 0.15) is 6.92 Å². The number of imide groups is 1. The van der Waals surface area contributed by atoms with Crippen molar-refractivity contribution in [3.63, 3.8) is 0 Å². The molecule has 0 bridgehead atoms. The van der Waals surface area contributed by atoms with Crippen molar-refractivity contribution in [2.45, 2.75) is 13.0 Å². The molecule has 86 valence electrons. The zero-order valence-corrected chi connectivity index (χ0v) is 10.8. The van der Waals surface area contributed by atoms with E-state index in [-0.39, 0.29) is 0 Å². The van der Waals surface area contributed by atoms with Gasteiger partial charge in [0.2, 0.25) is 5.91 Å². The predicted molar refractivity (Wildman–Crippen MR) is 70.0 cm³/mol. The molecule has 0 aliphatic carbocycles. The number of primary amides is 1. The van der Waals surface area contributed by atoms with Crippen LogP contribution in [0.15, 0.2) is 24.3 Å². The first-order valence-electron chi connectivity index (χ1n) is 4.61. The van der Waals surface area contributed by atoms with Gasteiger partial charge in [-0.3, -0.25) is 10.1 Å². The van der Waals surface area contributed by atoms with E-state index in [0.29, 0.717) is 0 Å². The van der Waals surface area contributed by atoms with Crippen LogP contribution >= 0.6 is 22.6 Å². The van der Waals surface area contributed by atoms with Gasteiger partial charge < -0.3 is 11.1 Å². The van der Waals surface area contributed by atoms with Gasteiger partial charge in [0.1, 0.15) is 6.04 Å². The molecule has 0 heterocycles. The molecule has 0 fully saturated rings. The van der Waals surface area contributed by atoms with E-state index in [1.54, 1.807) is 6.92 Å². The zero-order valence-electron chi connectivity index (χ0n) is 8.66. The number of anilines is 1. The average molecular weight is 333 g/mol. The van der Waals surface area contributed by atoms with Crippen molar-refractivity contribution in [2.24, 2.45) is 5.73 Å². The third-order valence-corrected chi connectivity index (χ3v) is 2.52. The first-order valence-corrected chi connectivity index (χ1v) is 5.69. The lowest BCUT2D eigenvalue weighted by Gasteiger charge is -2.13. The van der Waals surface area contributed by atoms with E-state index in [0.717, 1.165) is 9.26 Å². The summed E-state index contributed by atoms with van der Waals surface area (Å²) in [5.41, 5.74) is 5.67. The van der Waals surface area contributed by atoms with Crippen molar-refractivity contribution >= 4 is 40.2 Å². The first-order chi connectivity index (χ1) is 7.49. The van der Waals surface area contributed by atoms with Crippen LogP contribution in [0.3, 0.4) is 0 Å². The van der Waals surface area contributed by atoms with Crippen molar-refractivity contribution in [3.8, 4) is 0 Å². The molecule has 1 rings (SSSR count). The highest BCUT2D eigenvalue weighted by atomic mass is 127. The Morgan fingerprint density at radius 2 is 2.12 bits per heavy atom. The van der Waals surface area contributed by atoms with Crippen LogP contribution in [0.4, 0.5) is 10.5 Å². The topological polar surface area (TPSA) is 84.2 Å². The second-order valence-corrected chi connectivity index (χ2v) is 4.48. The molecule has 6 heteroatoms. The molecule has 0 unspecified atom stereocenters. The van der Waals surface area contributed by atoms with Gasteiger partial charge in [0, 0.05) is 9.26 Å². The zero-order chi connectivity index (χ0) is 12.1. The largest absolute Gasteiger partial charge is 0.374 e. The Kier molecular flexibility index (Phi) is 4.53. The van der Waals surface area contributed by atoms with Gasteiger partial charge in [-0.1, -0.05) is 6.07 Å². The molecule has 0 saturated carbocycles. The number of halogens is 1. The minimum absolute atomic E-state index is 0.452. The van der Waals surface area contributed by atoms with Crippen LogP contribution in [0.2, 0.25) is 0 Å². The molecular weight excluding hydrogens is 321 g/mol. The molecule has 0 aliphatic heterocycles. The van der Waals surface area contributed by atoms with Crippen molar-refractivity contribution in [3.05, 3.63) is 27.8 Å². The summed E-state index contributed by atoms with van der Waals surface area (Å²) in [6.07, 6.45) is 0. The van der Waals surface area contributed by atoms with Gasteiger partial charge in [-0.2, -0.15) is 0 Å². The number of carbonyl (C=O) groups is 2. The number of nitrogens with one attached hydrogen (secondary N) is 2. The predicted octanol–water partition coefficient (Wildman–Crippen LogP) is 1.29. The van der Waals surface area contributed by atoms with Gasteiger partial charge in [0.25, 0.3) is 0 Å². The standard InChI is InChI=1S/C10H12IN3O2/c1-6(9(15)14-10(12)16)13-8-4-2-3-7(11)5-8/h2-6,13H,1H3,(H3,12,14,15,16)/t6-/m1/s1. The Morgan fingerprint density at radius 3 is 2.69 bits per heavy atom. The second kappa shape index (κ2) is 5.69. The van der Waals surface area contributed by atoms with Gasteiger partial charge >= 0.3 is 6.03 Å². The number of urea groups is 1. The maximum Gasteiger partial charge on any atom is 0.318 e. The van der Waals surface area contributed by atoms with Gasteiger partial charge in [-0.15, -0.1) is 0 Å². The van der Waals surface area contributed by atoms with Crippen molar-refractivity contribution < 1.29 is 9.59 Å². The minimum Gasteiger partial charge on any atom is -0.374 e. The van der Waals surface area contributed by atoms with Gasteiger partial charge in [0.15, 0.2) is 0 Å². The Bertz CT molecular complexity index is 409. The summed E-state index contributed by atoms with van der Waals surface area (Å²) in [4.78, 5) is 21.8. The van der Waals surface area contributed by atoms with Crippen LogP contribution in [0.25, 0.3) is 0 Å². The third kappa shape index (κ3) is 4.05. The van der Waals surface area contributed by atoms with E-state index in [1.807, 2.05) is 29.6 Å². The van der Waals surface area contributed by atoms with Gasteiger partial charge in [0.05, 0.1) is 0 Å². The van der Waals surface area contributed by atoms with E-state index in [9.17, 15) is 9.59 Å². The Balaban J connectivity index is 2.60. The summed E-state index contributed by atoms with van der Waals surface area (Å²) in [6.45, 7) is 1.65. The molecule has 16 heavy (non-hydrogen) atoms. The first kappa shape index (κ1) is 12.8. The molecular formula is C10H12IN3O2. The summed E-state index contributed by atoms with van der Waals surface area (Å²) < 4.78 is 1.06. The van der Waals surface area contributed by atoms with Crippen molar-refractivity contribution in [1.29, 1.82) is 0 Å². The Morgan fingerprint density at radius 1 is 1.44 bits per heavy atom. The quantitative estimate of drug-likeness (QED) is 0.729. The van der Waals surface area contributed by atoms with Gasteiger partial charge in [-0.25, -0.2) is 4.79 Å². The average Bonchev–Trinajstić information content (AvgIpc) is 2.16. The fourth-order valence-electron chi connectivity index (χ4n) is 1.12. The summed E-state index contributed by atoms with van der Waals surface area (Å²) >= 11 is 2.17. The lowest BCUT2D eigenvalue weighted by atomic mass is 10.2. The fourth-order valence-corrected chi connectivity index (χ4v) is 1.67. The molecule has 0 radical (unpaired) electrons. The maximum absolute atomic E-state index is 11.4. The molecule has 1 aromatic rings. The third-order valence-electron chi connectivity index (χ3n) is 1.85. The van der Waals surface area contributed by atoms with E-state index in [1.165, 1.54) is 0 Å². The van der Waals surface area contributed by atoms with E-state index >= 15 is 0 Å². The molecule has 5 nitrogen and oxygen atoms in total. The summed E-state index contributed by atoms with van der Waals surface area (Å²) in [5.74, 6) is -0.452. The smallest absolute Gasteiger partial charge is 0.318 e. The van der Waals surface area contributed by atoms with Crippen LogP contribution < -0.4 is 16.4 Å². The van der Waals surface area contributed by atoms with Crippen LogP contribution in [-0.2, 0) is 4.79 Å². The molecule has 0 spiro atoms. The Hall–Kier alpha value is -1.31. The molecule has 0 saturated heterocycles. The van der Waals surface area contributed by atoms with E-state index in [2.05, 4.69) is 27.9 Å². The lowest BCUT2D eigenvalue weighted by Crippen LogP contribution is -2.43. The summed E-state index contributed by atoms with van der Waals surface area (Å²) in [7, 11) is 0. The molecule has 1 atom stereocenters. The highest BCUT2D eigenvalue weighted by Crippen LogP contribution is 2.13. The number of amides is 3. The van der Waals surface area contributed by atoms with E-state index < -0.39 is 18.0 Å². The summed E-state index contributed by atoms with van der Waals surface area (Å²) in [5, 5.41) is 4.98. The normalized spacial score (nSPS) is 11.6. The monoisotopic (exact) mass is 333 g/mol. The van der Waals surface area contributed by atoms with Crippen LogP contribution in [0.5, 0.6) is 0 Å².